The number of halogens is 3. The van der Waals surface area contributed by atoms with Crippen LogP contribution in [0.4, 0.5) is 18.9 Å². The minimum absolute atomic E-state index is 0.0340. The molecule has 1 aliphatic heterocycles. The molecule has 0 bridgehead atoms. The van der Waals surface area contributed by atoms with Gasteiger partial charge < -0.3 is 10.2 Å². The van der Waals surface area contributed by atoms with Crippen LogP contribution in [0.2, 0.25) is 0 Å². The largest absolute Gasteiger partial charge is 0.501 e. The molecule has 1 N–H and O–H groups in total. The van der Waals surface area contributed by atoms with Crippen molar-refractivity contribution in [2.24, 2.45) is 11.3 Å². The van der Waals surface area contributed by atoms with Crippen LogP contribution in [0.5, 0.6) is 0 Å². The summed E-state index contributed by atoms with van der Waals surface area (Å²) in [5, 5.41) is 2.87. The maximum atomic E-state index is 13.0. The number of hydrogen-bond acceptors (Lipinski definition) is 4. The lowest BCUT2D eigenvalue weighted by Gasteiger charge is -2.36. The van der Waals surface area contributed by atoms with Crippen LogP contribution in [0.1, 0.15) is 33.6 Å². The fourth-order valence-electron chi connectivity index (χ4n) is 3.02. The fourth-order valence-corrected chi connectivity index (χ4v) is 4.00. The Hall–Kier alpha value is -1.77. The van der Waals surface area contributed by atoms with Gasteiger partial charge >= 0.3 is 5.51 Å². The SMILES string of the molecule is CC(C)(C)C(=O)NCC1CCCN(c2ccccc2S(=O)(=O)C(F)(F)F)C1. The normalized spacial score (nSPS) is 19.0. The number of rotatable bonds is 4. The second-order valence-electron chi connectivity index (χ2n) is 7.83. The highest BCUT2D eigenvalue weighted by atomic mass is 32.2. The van der Waals surface area contributed by atoms with Gasteiger partial charge in [-0.15, -0.1) is 0 Å². The van der Waals surface area contributed by atoms with Crippen molar-refractivity contribution in [1.82, 2.24) is 5.32 Å². The predicted molar refractivity (Wildman–Crippen MR) is 97.1 cm³/mol. The summed E-state index contributed by atoms with van der Waals surface area (Å²) in [7, 11) is -5.43. The molecule has 1 aromatic rings. The molecule has 9 heteroatoms. The quantitative estimate of drug-likeness (QED) is 0.833. The fraction of sp³-hybridized carbons (Fsp3) is 0.611. The van der Waals surface area contributed by atoms with Crippen LogP contribution in [0.15, 0.2) is 29.2 Å². The zero-order chi connectivity index (χ0) is 20.5. The first-order valence-corrected chi connectivity index (χ1v) is 10.3. The first-order chi connectivity index (χ1) is 12.3. The maximum Gasteiger partial charge on any atom is 0.501 e. The summed E-state index contributed by atoms with van der Waals surface area (Å²) in [5.74, 6) is -0.0635. The van der Waals surface area contributed by atoms with E-state index in [1.54, 1.807) is 25.7 Å². The lowest BCUT2D eigenvalue weighted by Crippen LogP contribution is -2.44. The number of piperidine rings is 1. The van der Waals surface area contributed by atoms with Crippen LogP contribution in [0.25, 0.3) is 0 Å². The molecule has 1 aliphatic rings. The van der Waals surface area contributed by atoms with Crippen molar-refractivity contribution in [2.75, 3.05) is 24.5 Å². The molecule has 0 radical (unpaired) electrons. The standard InChI is InChI=1S/C18H25F3N2O3S/c1-17(2,3)16(24)22-11-13-7-6-10-23(12-13)14-8-4-5-9-15(14)27(25,26)18(19,20)21/h4-5,8-9,13H,6-7,10-12H2,1-3H3,(H,22,24). The highest BCUT2D eigenvalue weighted by Gasteiger charge is 2.48. The lowest BCUT2D eigenvalue weighted by atomic mass is 9.94. The second kappa shape index (κ2) is 7.69. The molecule has 1 saturated heterocycles. The van der Waals surface area contributed by atoms with Gasteiger partial charge in [0.1, 0.15) is 0 Å². The topological polar surface area (TPSA) is 66.5 Å². The van der Waals surface area contributed by atoms with Crippen LogP contribution < -0.4 is 10.2 Å². The third-order valence-corrected chi connectivity index (χ3v) is 6.09. The van der Waals surface area contributed by atoms with Gasteiger partial charge in [0.05, 0.1) is 10.6 Å². The molecule has 1 unspecified atom stereocenters. The van der Waals surface area contributed by atoms with E-state index in [1.165, 1.54) is 18.2 Å². The molecule has 1 atom stereocenters. The van der Waals surface area contributed by atoms with Crippen LogP contribution in [-0.2, 0) is 14.6 Å². The summed E-state index contributed by atoms with van der Waals surface area (Å²) < 4.78 is 62.9. The van der Waals surface area contributed by atoms with Crippen molar-refractivity contribution in [3.63, 3.8) is 0 Å². The Labute approximate surface area is 157 Å². The van der Waals surface area contributed by atoms with Crippen molar-refractivity contribution in [3.05, 3.63) is 24.3 Å². The highest BCUT2D eigenvalue weighted by Crippen LogP contribution is 2.37. The number of nitrogens with one attached hydrogen (secondary N) is 1. The number of para-hydroxylation sites is 1. The van der Waals surface area contributed by atoms with E-state index in [2.05, 4.69) is 5.32 Å². The average Bonchev–Trinajstić information content (AvgIpc) is 2.58. The Morgan fingerprint density at radius 2 is 1.85 bits per heavy atom. The van der Waals surface area contributed by atoms with Gasteiger partial charge in [0.15, 0.2) is 0 Å². The minimum atomic E-state index is -5.43. The molecule has 1 aromatic carbocycles. The van der Waals surface area contributed by atoms with Crippen LogP contribution in [0.3, 0.4) is 0 Å². The summed E-state index contributed by atoms with van der Waals surface area (Å²) >= 11 is 0. The van der Waals surface area contributed by atoms with Crippen LogP contribution >= 0.6 is 0 Å². The van der Waals surface area contributed by atoms with Gasteiger partial charge in [0, 0.05) is 25.0 Å². The third-order valence-electron chi connectivity index (χ3n) is 4.55. The predicted octanol–water partition coefficient (Wildman–Crippen LogP) is 3.36. The molecule has 1 heterocycles. The lowest BCUT2D eigenvalue weighted by molar-refractivity contribution is -0.128. The van der Waals surface area contributed by atoms with Crippen molar-refractivity contribution in [1.29, 1.82) is 0 Å². The molecular weight excluding hydrogens is 381 g/mol. The first-order valence-electron chi connectivity index (χ1n) is 8.77. The van der Waals surface area contributed by atoms with Gasteiger partial charge in [0.25, 0.3) is 9.84 Å². The van der Waals surface area contributed by atoms with Gasteiger partial charge in [-0.1, -0.05) is 32.9 Å². The van der Waals surface area contributed by atoms with E-state index < -0.39 is 25.7 Å². The van der Waals surface area contributed by atoms with Gasteiger partial charge in [-0.05, 0) is 30.9 Å². The smallest absolute Gasteiger partial charge is 0.370 e. The van der Waals surface area contributed by atoms with Gasteiger partial charge in [-0.3, -0.25) is 4.79 Å². The molecule has 5 nitrogen and oxygen atoms in total. The van der Waals surface area contributed by atoms with Crippen molar-refractivity contribution in [2.45, 2.75) is 44.0 Å². The van der Waals surface area contributed by atoms with E-state index in [0.29, 0.717) is 26.1 Å². The molecule has 1 amide bonds. The molecule has 0 aromatic heterocycles. The maximum absolute atomic E-state index is 13.0. The van der Waals surface area contributed by atoms with Crippen molar-refractivity contribution < 1.29 is 26.4 Å². The Balaban J connectivity index is 2.19. The number of carbonyl (C=O) groups excluding carboxylic acids is 1. The molecule has 27 heavy (non-hydrogen) atoms. The average molecular weight is 406 g/mol. The van der Waals surface area contributed by atoms with Crippen molar-refractivity contribution in [3.8, 4) is 0 Å². The molecule has 1 fully saturated rings. The number of benzene rings is 1. The Kier molecular flexibility index (Phi) is 6.13. The molecule has 0 saturated carbocycles. The van der Waals surface area contributed by atoms with Gasteiger partial charge in [-0.2, -0.15) is 13.2 Å². The third kappa shape index (κ3) is 4.94. The molecular formula is C18H25F3N2O3S. The minimum Gasteiger partial charge on any atom is -0.370 e. The van der Waals surface area contributed by atoms with E-state index >= 15 is 0 Å². The summed E-state index contributed by atoms with van der Waals surface area (Å²) in [4.78, 5) is 13.0. The second-order valence-corrected chi connectivity index (χ2v) is 9.74. The molecule has 2 rings (SSSR count). The molecule has 0 spiro atoms. The number of nitrogens with zero attached hydrogens (tertiary/aromatic N) is 1. The van der Waals surface area contributed by atoms with Crippen LogP contribution in [0, 0.1) is 11.3 Å². The zero-order valence-electron chi connectivity index (χ0n) is 15.6. The van der Waals surface area contributed by atoms with E-state index in [0.717, 1.165) is 12.5 Å². The molecule has 0 aliphatic carbocycles. The number of hydrogen-bond donors (Lipinski definition) is 1. The monoisotopic (exact) mass is 406 g/mol. The summed E-state index contributed by atoms with van der Waals surface area (Å²) in [5.41, 5.74) is -5.82. The van der Waals surface area contributed by atoms with E-state index in [4.69, 9.17) is 0 Å². The number of sulfone groups is 1. The van der Waals surface area contributed by atoms with Crippen LogP contribution in [-0.4, -0.2) is 39.5 Å². The molecule has 152 valence electrons. The first kappa shape index (κ1) is 21.5. The Morgan fingerprint density at radius 1 is 1.22 bits per heavy atom. The van der Waals surface area contributed by atoms with E-state index in [-0.39, 0.29) is 17.5 Å². The van der Waals surface area contributed by atoms with Gasteiger partial charge in [0.2, 0.25) is 5.91 Å². The van der Waals surface area contributed by atoms with E-state index in [9.17, 15) is 26.4 Å². The van der Waals surface area contributed by atoms with Gasteiger partial charge in [-0.25, -0.2) is 8.42 Å². The van der Waals surface area contributed by atoms with E-state index in [1.807, 2.05) is 0 Å². The number of alkyl halides is 3. The van der Waals surface area contributed by atoms with Crippen molar-refractivity contribution >= 4 is 21.4 Å². The highest BCUT2D eigenvalue weighted by molar-refractivity contribution is 7.92. The Morgan fingerprint density at radius 3 is 2.44 bits per heavy atom. The zero-order valence-corrected chi connectivity index (χ0v) is 16.5. The summed E-state index contributed by atoms with van der Waals surface area (Å²) in [6.45, 7) is 6.65. The number of carbonyl (C=O) groups is 1. The number of anilines is 1. The summed E-state index contributed by atoms with van der Waals surface area (Å²) in [6, 6.07) is 5.20. The Bertz CT molecular complexity index is 786. The summed E-state index contributed by atoms with van der Waals surface area (Å²) in [6.07, 6.45) is 1.52. The number of amides is 1.